The first-order valence-corrected chi connectivity index (χ1v) is 8.42. The molecule has 122 valence electrons. The summed E-state index contributed by atoms with van der Waals surface area (Å²) < 4.78 is 11.7. The molecular weight excluding hydrogens is 274 g/mol. The third-order valence-electron chi connectivity index (χ3n) is 5.03. The van der Waals surface area contributed by atoms with Gasteiger partial charge in [-0.3, -0.25) is 4.90 Å². The van der Waals surface area contributed by atoms with Gasteiger partial charge in [-0.2, -0.15) is 0 Å². The van der Waals surface area contributed by atoms with Crippen molar-refractivity contribution < 1.29 is 9.47 Å². The molecule has 2 aliphatic heterocycles. The molecule has 0 aliphatic carbocycles. The maximum atomic E-state index is 6.25. The van der Waals surface area contributed by atoms with E-state index in [1.165, 1.54) is 5.56 Å². The summed E-state index contributed by atoms with van der Waals surface area (Å²) in [5.41, 5.74) is 1.55. The number of hydrogen-bond acceptors (Lipinski definition) is 3. The lowest BCUT2D eigenvalue weighted by molar-refractivity contribution is -0.110. The van der Waals surface area contributed by atoms with Gasteiger partial charge in [0.2, 0.25) is 0 Å². The summed E-state index contributed by atoms with van der Waals surface area (Å²) in [5, 5.41) is 0. The number of hydrogen-bond donors (Lipinski definition) is 0. The largest absolute Gasteiger partial charge is 0.373 e. The summed E-state index contributed by atoms with van der Waals surface area (Å²) in [6.07, 6.45) is 2.92. The monoisotopic (exact) mass is 303 g/mol. The molecule has 1 aromatic rings. The lowest BCUT2D eigenvalue weighted by Crippen LogP contribution is -2.63. The minimum absolute atomic E-state index is 0.148. The molecule has 2 saturated heterocycles. The van der Waals surface area contributed by atoms with Crippen LogP contribution in [0.3, 0.4) is 0 Å². The molecule has 0 saturated carbocycles. The standard InChI is InChI=1S/C19H29NO2/c1-18(2)10-16(21-13-15-8-6-5-7-9-15)11-19(3,4)20(18)12-17-14-22-17/h5-9,16-17H,10-14H2,1-4H3. The average molecular weight is 303 g/mol. The summed E-state index contributed by atoms with van der Waals surface area (Å²) in [5.74, 6) is 0. The minimum atomic E-state index is 0.148. The van der Waals surface area contributed by atoms with E-state index in [4.69, 9.17) is 9.47 Å². The Bertz CT molecular complexity index is 475. The molecule has 22 heavy (non-hydrogen) atoms. The molecule has 2 heterocycles. The Morgan fingerprint density at radius 2 is 1.68 bits per heavy atom. The fourth-order valence-electron chi connectivity index (χ4n) is 4.00. The van der Waals surface area contributed by atoms with Gasteiger partial charge in [0, 0.05) is 17.6 Å². The van der Waals surface area contributed by atoms with Crippen molar-refractivity contribution in [3.05, 3.63) is 35.9 Å². The van der Waals surface area contributed by atoms with Gasteiger partial charge in [-0.1, -0.05) is 30.3 Å². The van der Waals surface area contributed by atoms with Gasteiger partial charge >= 0.3 is 0 Å². The number of rotatable bonds is 5. The van der Waals surface area contributed by atoms with E-state index in [1.54, 1.807) is 0 Å². The highest BCUT2D eigenvalue weighted by Crippen LogP contribution is 2.40. The summed E-state index contributed by atoms with van der Waals surface area (Å²) in [6, 6.07) is 10.5. The highest BCUT2D eigenvalue weighted by molar-refractivity contribution is 5.13. The van der Waals surface area contributed by atoms with Gasteiger partial charge < -0.3 is 9.47 Å². The van der Waals surface area contributed by atoms with E-state index in [0.29, 0.717) is 18.8 Å². The highest BCUT2D eigenvalue weighted by atomic mass is 16.6. The molecule has 3 nitrogen and oxygen atoms in total. The molecule has 2 aliphatic rings. The van der Waals surface area contributed by atoms with Crippen LogP contribution in [0.1, 0.15) is 46.1 Å². The lowest BCUT2D eigenvalue weighted by Gasteiger charge is -2.55. The van der Waals surface area contributed by atoms with Gasteiger partial charge in [-0.25, -0.2) is 0 Å². The summed E-state index contributed by atoms with van der Waals surface area (Å²) >= 11 is 0. The maximum absolute atomic E-state index is 6.25. The topological polar surface area (TPSA) is 25.0 Å². The Morgan fingerprint density at radius 3 is 2.23 bits per heavy atom. The number of benzene rings is 1. The zero-order chi connectivity index (χ0) is 15.8. The molecule has 0 bridgehead atoms. The van der Waals surface area contributed by atoms with E-state index >= 15 is 0 Å². The molecule has 1 unspecified atom stereocenters. The van der Waals surface area contributed by atoms with E-state index in [-0.39, 0.29) is 11.1 Å². The maximum Gasteiger partial charge on any atom is 0.0936 e. The van der Waals surface area contributed by atoms with Gasteiger partial charge in [0.15, 0.2) is 0 Å². The molecule has 3 rings (SSSR count). The first-order valence-electron chi connectivity index (χ1n) is 8.42. The van der Waals surface area contributed by atoms with Crippen LogP contribution in [0, 0.1) is 0 Å². The summed E-state index contributed by atoms with van der Waals surface area (Å²) in [4.78, 5) is 2.63. The Kier molecular flexibility index (Phi) is 4.32. The van der Waals surface area contributed by atoms with Crippen molar-refractivity contribution in [1.29, 1.82) is 0 Å². The highest BCUT2D eigenvalue weighted by Gasteiger charge is 2.47. The molecule has 3 heteroatoms. The molecule has 0 N–H and O–H groups in total. The smallest absolute Gasteiger partial charge is 0.0936 e. The molecular formula is C19H29NO2. The van der Waals surface area contributed by atoms with Crippen molar-refractivity contribution in [3.8, 4) is 0 Å². The van der Waals surface area contributed by atoms with E-state index < -0.39 is 0 Å². The normalized spacial score (nSPS) is 27.7. The van der Waals surface area contributed by atoms with Gasteiger partial charge in [0.25, 0.3) is 0 Å². The minimum Gasteiger partial charge on any atom is -0.373 e. The molecule has 0 aromatic heterocycles. The quantitative estimate of drug-likeness (QED) is 0.777. The molecule has 0 amide bonds. The number of likely N-dealkylation sites (tertiary alicyclic amines) is 1. The van der Waals surface area contributed by atoms with Crippen molar-refractivity contribution in [2.24, 2.45) is 0 Å². The van der Waals surface area contributed by atoms with Crippen LogP contribution >= 0.6 is 0 Å². The van der Waals surface area contributed by atoms with Crippen molar-refractivity contribution in [3.63, 3.8) is 0 Å². The second-order valence-electron chi connectivity index (χ2n) is 8.02. The number of ether oxygens (including phenoxy) is 2. The molecule has 1 atom stereocenters. The fraction of sp³-hybridized carbons (Fsp3) is 0.684. The van der Waals surface area contributed by atoms with Crippen LogP contribution in [0.2, 0.25) is 0 Å². The number of piperidine rings is 1. The second-order valence-corrected chi connectivity index (χ2v) is 8.02. The summed E-state index contributed by atoms with van der Waals surface area (Å²) in [6.45, 7) is 12.1. The van der Waals surface area contributed by atoms with E-state index in [2.05, 4.69) is 56.9 Å². The summed E-state index contributed by atoms with van der Waals surface area (Å²) in [7, 11) is 0. The predicted octanol–water partition coefficient (Wildman–Crippen LogP) is 3.62. The van der Waals surface area contributed by atoms with Crippen LogP contribution in [0.5, 0.6) is 0 Å². The van der Waals surface area contributed by atoms with Crippen LogP contribution in [-0.2, 0) is 16.1 Å². The van der Waals surface area contributed by atoms with E-state index in [0.717, 1.165) is 26.0 Å². The van der Waals surface area contributed by atoms with Crippen molar-refractivity contribution >= 4 is 0 Å². The molecule has 1 aromatic carbocycles. The van der Waals surface area contributed by atoms with Crippen LogP contribution in [0.15, 0.2) is 30.3 Å². The SMILES string of the molecule is CC1(C)CC(OCc2ccccc2)CC(C)(C)N1CC1CO1. The first-order chi connectivity index (χ1) is 10.4. The Hall–Kier alpha value is -0.900. The lowest BCUT2D eigenvalue weighted by atomic mass is 9.78. The van der Waals surface area contributed by atoms with Gasteiger partial charge in [-0.15, -0.1) is 0 Å². The van der Waals surface area contributed by atoms with Gasteiger partial charge in [0.1, 0.15) is 0 Å². The van der Waals surface area contributed by atoms with Crippen molar-refractivity contribution in [2.75, 3.05) is 13.2 Å². The fourth-order valence-corrected chi connectivity index (χ4v) is 4.00. The number of nitrogens with zero attached hydrogens (tertiary/aromatic N) is 1. The first kappa shape index (κ1) is 16.0. The predicted molar refractivity (Wildman–Crippen MR) is 88.9 cm³/mol. The number of epoxide rings is 1. The zero-order valence-electron chi connectivity index (χ0n) is 14.3. The van der Waals surface area contributed by atoms with E-state index in [9.17, 15) is 0 Å². The second kappa shape index (κ2) is 5.95. The van der Waals surface area contributed by atoms with E-state index in [1.807, 2.05) is 6.07 Å². The Balaban J connectivity index is 1.63. The average Bonchev–Trinajstić information content (AvgIpc) is 3.25. The third kappa shape index (κ3) is 3.70. The Labute approximate surface area is 134 Å². The van der Waals surface area contributed by atoms with Crippen LogP contribution < -0.4 is 0 Å². The van der Waals surface area contributed by atoms with Crippen LogP contribution in [-0.4, -0.2) is 41.3 Å². The van der Waals surface area contributed by atoms with Crippen LogP contribution in [0.25, 0.3) is 0 Å². The van der Waals surface area contributed by atoms with Crippen LogP contribution in [0.4, 0.5) is 0 Å². The molecule has 0 radical (unpaired) electrons. The molecule has 0 spiro atoms. The van der Waals surface area contributed by atoms with Gasteiger partial charge in [0.05, 0.1) is 25.4 Å². The molecule has 2 fully saturated rings. The van der Waals surface area contributed by atoms with Crippen molar-refractivity contribution in [1.82, 2.24) is 4.90 Å². The Morgan fingerprint density at radius 1 is 1.09 bits per heavy atom. The van der Waals surface area contributed by atoms with Gasteiger partial charge in [-0.05, 0) is 46.1 Å². The van der Waals surface area contributed by atoms with Crippen molar-refractivity contribution in [2.45, 2.75) is 70.4 Å². The zero-order valence-corrected chi connectivity index (χ0v) is 14.3. The third-order valence-corrected chi connectivity index (χ3v) is 5.03.